The van der Waals surface area contributed by atoms with Gasteiger partial charge >= 0.3 is 0 Å². The number of nitrogens with one attached hydrogen (secondary N) is 1. The molecule has 1 unspecified atom stereocenters. The maximum Gasteiger partial charge on any atom is 0.123 e. The molecule has 2 fully saturated rings. The van der Waals surface area contributed by atoms with Crippen LogP contribution in [-0.4, -0.2) is 12.1 Å². The Morgan fingerprint density at radius 3 is 3.00 bits per heavy atom. The second-order valence-electron chi connectivity index (χ2n) is 6.03. The van der Waals surface area contributed by atoms with E-state index in [1.54, 1.807) is 12.1 Å². The van der Waals surface area contributed by atoms with Crippen LogP contribution >= 0.6 is 0 Å². The molecule has 2 aliphatic heterocycles. The average molecular weight is 231 g/mol. The normalized spacial score (nSPS) is 38.6. The number of hydrogen-bond acceptors (Lipinski definition) is 1. The van der Waals surface area contributed by atoms with Crippen LogP contribution in [0, 0.1) is 17.7 Å². The minimum Gasteiger partial charge on any atom is -0.311 e. The Labute approximate surface area is 101 Å². The third-order valence-electron chi connectivity index (χ3n) is 5.09. The fourth-order valence-electron chi connectivity index (χ4n) is 4.31. The molecule has 2 bridgehead atoms. The number of piperidine rings is 1. The fourth-order valence-corrected chi connectivity index (χ4v) is 4.31. The second-order valence-corrected chi connectivity index (χ2v) is 6.03. The molecule has 1 N–H and O–H groups in total. The van der Waals surface area contributed by atoms with Crippen molar-refractivity contribution >= 4 is 0 Å². The zero-order valence-electron chi connectivity index (χ0n) is 9.95. The molecule has 0 amide bonds. The van der Waals surface area contributed by atoms with Gasteiger partial charge in [0.05, 0.1) is 0 Å². The van der Waals surface area contributed by atoms with Gasteiger partial charge in [-0.15, -0.1) is 0 Å². The highest BCUT2D eigenvalue weighted by Gasteiger charge is 2.43. The molecule has 0 saturated carbocycles. The van der Waals surface area contributed by atoms with Crippen LogP contribution in [0.5, 0.6) is 0 Å². The van der Waals surface area contributed by atoms with E-state index in [4.69, 9.17) is 0 Å². The molecule has 2 heteroatoms. The molecule has 17 heavy (non-hydrogen) atoms. The van der Waals surface area contributed by atoms with Gasteiger partial charge in [0.1, 0.15) is 5.82 Å². The number of benzene rings is 1. The predicted molar refractivity (Wildman–Crippen MR) is 65.4 cm³/mol. The smallest absolute Gasteiger partial charge is 0.123 e. The zero-order valence-corrected chi connectivity index (χ0v) is 9.95. The molecule has 1 aliphatic carbocycles. The summed E-state index contributed by atoms with van der Waals surface area (Å²) >= 11 is 0. The molecule has 0 spiro atoms. The monoisotopic (exact) mass is 231 g/mol. The molecular formula is C15H18FN. The quantitative estimate of drug-likeness (QED) is 0.724. The first-order chi connectivity index (χ1) is 8.29. The van der Waals surface area contributed by atoms with Crippen molar-refractivity contribution in [2.45, 2.75) is 44.2 Å². The largest absolute Gasteiger partial charge is 0.311 e. The van der Waals surface area contributed by atoms with Crippen molar-refractivity contribution < 1.29 is 4.39 Å². The van der Waals surface area contributed by atoms with E-state index in [-0.39, 0.29) is 5.82 Å². The van der Waals surface area contributed by atoms with Gasteiger partial charge in [-0.05, 0) is 67.2 Å². The van der Waals surface area contributed by atoms with Crippen molar-refractivity contribution in [3.05, 3.63) is 35.1 Å². The Bertz CT molecular complexity index is 456. The van der Waals surface area contributed by atoms with Gasteiger partial charge in [-0.25, -0.2) is 4.39 Å². The Morgan fingerprint density at radius 2 is 2.06 bits per heavy atom. The molecule has 2 saturated heterocycles. The van der Waals surface area contributed by atoms with Gasteiger partial charge in [0.2, 0.25) is 0 Å². The van der Waals surface area contributed by atoms with Gasteiger partial charge in [-0.2, -0.15) is 0 Å². The van der Waals surface area contributed by atoms with Gasteiger partial charge < -0.3 is 5.32 Å². The molecule has 1 nitrogen and oxygen atoms in total. The summed E-state index contributed by atoms with van der Waals surface area (Å²) in [7, 11) is 0. The highest BCUT2D eigenvalue weighted by molar-refractivity contribution is 5.32. The minimum absolute atomic E-state index is 0.0703. The third kappa shape index (κ3) is 1.54. The summed E-state index contributed by atoms with van der Waals surface area (Å²) in [5.74, 6) is 1.52. The van der Waals surface area contributed by atoms with Gasteiger partial charge in [0.15, 0.2) is 0 Å². The first kappa shape index (κ1) is 10.1. The van der Waals surface area contributed by atoms with E-state index in [1.807, 2.05) is 6.07 Å². The fraction of sp³-hybridized carbons (Fsp3) is 0.600. The van der Waals surface area contributed by atoms with Crippen molar-refractivity contribution in [1.29, 1.82) is 0 Å². The summed E-state index contributed by atoms with van der Waals surface area (Å²) in [5, 5.41) is 3.76. The second kappa shape index (κ2) is 3.55. The molecular weight excluding hydrogens is 213 g/mol. The first-order valence-electron chi connectivity index (χ1n) is 6.83. The Balaban J connectivity index is 1.70. The lowest BCUT2D eigenvalue weighted by Gasteiger charge is -2.41. The van der Waals surface area contributed by atoms with Crippen LogP contribution in [0.1, 0.15) is 30.4 Å². The Hall–Kier alpha value is -0.890. The molecule has 0 aromatic heterocycles. The Kier molecular flexibility index (Phi) is 2.10. The molecule has 3 aliphatic rings. The average Bonchev–Trinajstić information content (AvgIpc) is 2.70. The van der Waals surface area contributed by atoms with Crippen LogP contribution in [0.25, 0.3) is 0 Å². The van der Waals surface area contributed by atoms with Gasteiger partial charge in [-0.3, -0.25) is 0 Å². The molecule has 90 valence electrons. The lowest BCUT2D eigenvalue weighted by molar-refractivity contribution is 0.179. The summed E-state index contributed by atoms with van der Waals surface area (Å²) in [5.41, 5.74) is 2.66. The van der Waals surface area contributed by atoms with Crippen molar-refractivity contribution in [1.82, 2.24) is 5.32 Å². The van der Waals surface area contributed by atoms with Gasteiger partial charge in [0.25, 0.3) is 0 Å². The number of hydrogen-bond donors (Lipinski definition) is 1. The van der Waals surface area contributed by atoms with Crippen molar-refractivity contribution in [2.24, 2.45) is 11.8 Å². The van der Waals surface area contributed by atoms with Crippen LogP contribution in [0.3, 0.4) is 0 Å². The van der Waals surface area contributed by atoms with Gasteiger partial charge in [0, 0.05) is 12.1 Å². The summed E-state index contributed by atoms with van der Waals surface area (Å²) in [6.45, 7) is 0. The van der Waals surface area contributed by atoms with E-state index in [0.717, 1.165) is 36.8 Å². The van der Waals surface area contributed by atoms with Crippen LogP contribution in [0.4, 0.5) is 4.39 Å². The number of fused-ring (bicyclic) bond motifs is 5. The lowest BCUT2D eigenvalue weighted by atomic mass is 9.70. The van der Waals surface area contributed by atoms with Crippen LogP contribution < -0.4 is 5.32 Å². The number of halogens is 1. The molecule has 2 heterocycles. The highest BCUT2D eigenvalue weighted by atomic mass is 19.1. The standard InChI is InChI=1S/C15H18FN/c16-12-2-1-9-8-14-11(5-10(9)6-12)7-13-3-4-15(14)17-13/h1-2,6,11,13-15,17H,3-5,7-8H2/t11-,13-,14?,15+/m0/s1. The van der Waals surface area contributed by atoms with Crippen molar-refractivity contribution in [3.8, 4) is 0 Å². The summed E-state index contributed by atoms with van der Waals surface area (Å²) in [4.78, 5) is 0. The van der Waals surface area contributed by atoms with Crippen LogP contribution in [0.15, 0.2) is 18.2 Å². The predicted octanol–water partition coefficient (Wildman–Crippen LogP) is 2.68. The van der Waals surface area contributed by atoms with E-state index >= 15 is 0 Å². The highest BCUT2D eigenvalue weighted by Crippen LogP contribution is 2.42. The zero-order chi connectivity index (χ0) is 11.4. The summed E-state index contributed by atoms with van der Waals surface area (Å²) in [6, 6.07) is 6.86. The van der Waals surface area contributed by atoms with E-state index in [9.17, 15) is 4.39 Å². The molecule has 4 atom stereocenters. The van der Waals surface area contributed by atoms with E-state index < -0.39 is 0 Å². The summed E-state index contributed by atoms with van der Waals surface area (Å²) < 4.78 is 13.3. The molecule has 4 rings (SSSR count). The minimum atomic E-state index is -0.0703. The first-order valence-corrected chi connectivity index (χ1v) is 6.83. The topological polar surface area (TPSA) is 12.0 Å². The molecule has 0 radical (unpaired) electrons. The van der Waals surface area contributed by atoms with Gasteiger partial charge in [-0.1, -0.05) is 6.07 Å². The SMILES string of the molecule is Fc1ccc2c(c1)C[C@H]1C[C@@H]3CC[C@@H](N3)C1C2. The lowest BCUT2D eigenvalue weighted by Crippen LogP contribution is -2.48. The maximum atomic E-state index is 13.3. The van der Waals surface area contributed by atoms with Crippen molar-refractivity contribution in [2.75, 3.05) is 0 Å². The van der Waals surface area contributed by atoms with Crippen LogP contribution in [-0.2, 0) is 12.8 Å². The van der Waals surface area contributed by atoms with E-state index in [1.165, 1.54) is 30.4 Å². The van der Waals surface area contributed by atoms with E-state index in [2.05, 4.69) is 5.32 Å². The molecule has 1 aromatic carbocycles. The summed E-state index contributed by atoms with van der Waals surface area (Å²) in [6.07, 6.45) is 6.26. The Morgan fingerprint density at radius 1 is 1.12 bits per heavy atom. The number of rotatable bonds is 0. The van der Waals surface area contributed by atoms with E-state index in [0.29, 0.717) is 0 Å². The van der Waals surface area contributed by atoms with Crippen LogP contribution in [0.2, 0.25) is 0 Å². The molecule has 1 aromatic rings. The maximum absolute atomic E-state index is 13.3. The third-order valence-corrected chi connectivity index (χ3v) is 5.09. The van der Waals surface area contributed by atoms with Crippen molar-refractivity contribution in [3.63, 3.8) is 0 Å².